The SMILES string of the molecule is Cc1c(-c2cccc(F)c2)c(N2c3ccccc3Sc3ccccc32)c(-c2cccc(F)c2)c(C)c1N1c2ccccc2Sc2ccccc21. The van der Waals surface area contributed by atoms with E-state index >= 15 is 8.78 Å². The van der Waals surface area contributed by atoms with E-state index in [0.29, 0.717) is 0 Å². The van der Waals surface area contributed by atoms with Gasteiger partial charge in [-0.2, -0.15) is 0 Å². The maximum absolute atomic E-state index is 15.4. The molecule has 0 saturated heterocycles. The summed E-state index contributed by atoms with van der Waals surface area (Å²) in [5.74, 6) is -0.635. The molecule has 2 aliphatic rings. The third-order valence-corrected chi connectivity index (χ3v) is 11.7. The Bertz CT molecular complexity index is 2310. The van der Waals surface area contributed by atoms with Gasteiger partial charge in [-0.05, 0) is 109 Å². The molecule has 0 radical (unpaired) electrons. The average Bonchev–Trinajstić information content (AvgIpc) is 3.13. The van der Waals surface area contributed by atoms with E-state index in [4.69, 9.17) is 0 Å². The monoisotopic (exact) mass is 688 g/mol. The predicted molar refractivity (Wildman–Crippen MR) is 204 cm³/mol. The Morgan fingerprint density at radius 2 is 0.740 bits per heavy atom. The number of hydrogen-bond acceptors (Lipinski definition) is 4. The highest BCUT2D eigenvalue weighted by Crippen LogP contribution is 2.60. The summed E-state index contributed by atoms with van der Waals surface area (Å²) in [6.07, 6.45) is 0. The minimum atomic E-state index is -0.317. The molecule has 6 heteroatoms. The summed E-state index contributed by atoms with van der Waals surface area (Å²) in [6, 6.07) is 47.4. The lowest BCUT2D eigenvalue weighted by Crippen LogP contribution is -2.21. The third-order valence-electron chi connectivity index (χ3n) is 9.47. The van der Waals surface area contributed by atoms with Gasteiger partial charge in [-0.1, -0.05) is 96.3 Å². The van der Waals surface area contributed by atoms with Crippen LogP contribution in [0.5, 0.6) is 0 Å². The molecule has 2 nitrogen and oxygen atoms in total. The zero-order valence-corrected chi connectivity index (χ0v) is 29.0. The van der Waals surface area contributed by atoms with Crippen molar-refractivity contribution in [3.8, 4) is 22.3 Å². The zero-order valence-electron chi connectivity index (χ0n) is 27.3. The fourth-order valence-electron chi connectivity index (χ4n) is 7.44. The Balaban J connectivity index is 1.48. The standard InChI is InChI=1S/C44H30F2N2S2/c1-27-41(29-13-11-15-31(45)25-29)44(48-35-19-5-9-23-39(35)50-40-24-10-6-20-36(40)48)42(30-14-12-16-32(46)26-30)28(2)43(27)47-33-17-3-7-21-37(33)49-38-22-8-4-18-34(38)47/h3-26H,1-2H3. The van der Waals surface area contributed by atoms with Crippen molar-refractivity contribution in [1.29, 1.82) is 0 Å². The highest BCUT2D eigenvalue weighted by molar-refractivity contribution is 8.00. The van der Waals surface area contributed by atoms with E-state index in [1.807, 2.05) is 12.1 Å². The molecule has 0 unspecified atom stereocenters. The summed E-state index contributed by atoms with van der Waals surface area (Å²) in [7, 11) is 0. The van der Waals surface area contributed by atoms with E-state index in [2.05, 4.69) is 121 Å². The van der Waals surface area contributed by atoms with Gasteiger partial charge in [0, 0.05) is 30.7 Å². The number of para-hydroxylation sites is 4. The lowest BCUT2D eigenvalue weighted by atomic mass is 9.85. The van der Waals surface area contributed by atoms with Gasteiger partial charge in [-0.25, -0.2) is 8.78 Å². The average molecular weight is 689 g/mol. The van der Waals surface area contributed by atoms with Crippen LogP contribution in [0.1, 0.15) is 11.1 Å². The van der Waals surface area contributed by atoms with Crippen molar-refractivity contribution in [3.63, 3.8) is 0 Å². The normalized spacial score (nSPS) is 13.0. The lowest BCUT2D eigenvalue weighted by Gasteiger charge is -2.40. The van der Waals surface area contributed by atoms with Gasteiger partial charge in [0.05, 0.1) is 34.1 Å². The minimum Gasteiger partial charge on any atom is -0.308 e. The summed E-state index contributed by atoms with van der Waals surface area (Å²) in [5, 5.41) is 0. The van der Waals surface area contributed by atoms with E-state index in [1.165, 1.54) is 12.1 Å². The number of anilines is 6. The number of hydrogen-bond donors (Lipinski definition) is 0. The molecule has 0 aliphatic carbocycles. The molecule has 2 aliphatic heterocycles. The summed E-state index contributed by atoms with van der Waals surface area (Å²) in [4.78, 5) is 9.15. The van der Waals surface area contributed by atoms with Crippen molar-refractivity contribution >= 4 is 57.6 Å². The molecule has 7 aromatic carbocycles. The van der Waals surface area contributed by atoms with Crippen LogP contribution < -0.4 is 9.80 Å². The van der Waals surface area contributed by atoms with Crippen molar-refractivity contribution in [3.05, 3.63) is 168 Å². The molecule has 0 amide bonds. The Morgan fingerprint density at radius 3 is 1.10 bits per heavy atom. The first-order chi connectivity index (χ1) is 24.5. The van der Waals surface area contributed by atoms with E-state index in [-0.39, 0.29) is 11.6 Å². The van der Waals surface area contributed by atoms with E-state index in [9.17, 15) is 0 Å². The first-order valence-corrected chi connectivity index (χ1v) is 18.1. The van der Waals surface area contributed by atoms with E-state index < -0.39 is 0 Å². The van der Waals surface area contributed by atoms with E-state index in [0.717, 1.165) is 87.1 Å². The molecule has 0 atom stereocenters. The van der Waals surface area contributed by atoms with Gasteiger partial charge < -0.3 is 9.80 Å². The molecule has 0 spiro atoms. The highest BCUT2D eigenvalue weighted by Gasteiger charge is 2.35. The quantitative estimate of drug-likeness (QED) is 0.181. The molecule has 242 valence electrons. The second-order valence-corrected chi connectivity index (χ2v) is 14.6. The Labute approximate surface area is 299 Å². The lowest BCUT2D eigenvalue weighted by molar-refractivity contribution is 0.628. The van der Waals surface area contributed by atoms with Crippen molar-refractivity contribution in [2.75, 3.05) is 9.80 Å². The molecule has 50 heavy (non-hydrogen) atoms. The maximum Gasteiger partial charge on any atom is 0.123 e. The highest BCUT2D eigenvalue weighted by atomic mass is 32.2. The molecule has 0 aromatic heterocycles. The van der Waals surface area contributed by atoms with Gasteiger partial charge in [0.2, 0.25) is 0 Å². The first-order valence-electron chi connectivity index (χ1n) is 16.5. The molecule has 0 fully saturated rings. The van der Waals surface area contributed by atoms with Crippen LogP contribution in [0, 0.1) is 25.5 Å². The van der Waals surface area contributed by atoms with E-state index in [1.54, 1.807) is 47.8 Å². The fourth-order valence-corrected chi connectivity index (χ4v) is 9.56. The number of rotatable bonds is 4. The Hall–Kier alpha value is -5.30. The molecule has 0 N–H and O–H groups in total. The van der Waals surface area contributed by atoms with Gasteiger partial charge in [0.25, 0.3) is 0 Å². The molecule has 0 saturated carbocycles. The molecule has 7 aromatic rings. The number of halogens is 2. The summed E-state index contributed by atoms with van der Waals surface area (Å²) in [6.45, 7) is 4.29. The zero-order chi connectivity index (χ0) is 33.9. The van der Waals surface area contributed by atoms with Gasteiger partial charge in [0.1, 0.15) is 11.6 Å². The molecule has 0 bridgehead atoms. The first kappa shape index (κ1) is 30.7. The molecule has 2 heterocycles. The second-order valence-electron chi connectivity index (χ2n) is 12.5. The maximum atomic E-state index is 15.4. The summed E-state index contributed by atoms with van der Waals surface area (Å²) < 4.78 is 30.7. The van der Waals surface area contributed by atoms with Crippen molar-refractivity contribution in [2.45, 2.75) is 33.4 Å². The largest absolute Gasteiger partial charge is 0.308 e. The summed E-state index contributed by atoms with van der Waals surface area (Å²) in [5.41, 5.74) is 11.3. The van der Waals surface area contributed by atoms with Crippen LogP contribution in [0.25, 0.3) is 22.3 Å². The van der Waals surface area contributed by atoms with Crippen LogP contribution in [0.4, 0.5) is 42.9 Å². The van der Waals surface area contributed by atoms with Crippen LogP contribution in [0.3, 0.4) is 0 Å². The second kappa shape index (κ2) is 12.2. The molecule has 9 rings (SSSR count). The predicted octanol–water partition coefficient (Wildman–Crippen LogP) is 13.8. The Kier molecular flexibility index (Phi) is 7.52. The summed E-state index contributed by atoms with van der Waals surface area (Å²) >= 11 is 3.49. The number of nitrogens with zero attached hydrogens (tertiary/aromatic N) is 2. The van der Waals surface area contributed by atoms with Crippen LogP contribution in [0.15, 0.2) is 165 Å². The van der Waals surface area contributed by atoms with Crippen molar-refractivity contribution < 1.29 is 8.78 Å². The van der Waals surface area contributed by atoms with Crippen LogP contribution in [-0.4, -0.2) is 0 Å². The third kappa shape index (κ3) is 4.93. The van der Waals surface area contributed by atoms with Crippen LogP contribution in [0.2, 0.25) is 0 Å². The van der Waals surface area contributed by atoms with Gasteiger partial charge in [-0.3, -0.25) is 0 Å². The van der Waals surface area contributed by atoms with Gasteiger partial charge >= 0.3 is 0 Å². The topological polar surface area (TPSA) is 6.48 Å². The number of benzene rings is 7. The smallest absolute Gasteiger partial charge is 0.123 e. The molecular formula is C44H30F2N2S2. The van der Waals surface area contributed by atoms with Crippen LogP contribution in [-0.2, 0) is 0 Å². The van der Waals surface area contributed by atoms with Gasteiger partial charge in [-0.15, -0.1) is 0 Å². The Morgan fingerprint density at radius 1 is 0.400 bits per heavy atom. The van der Waals surface area contributed by atoms with Crippen molar-refractivity contribution in [2.24, 2.45) is 0 Å². The van der Waals surface area contributed by atoms with Crippen molar-refractivity contribution in [1.82, 2.24) is 0 Å². The fraction of sp³-hybridized carbons (Fsp3) is 0.0455. The van der Waals surface area contributed by atoms with Crippen LogP contribution >= 0.6 is 23.5 Å². The minimum absolute atomic E-state index is 0.317. The molecular weight excluding hydrogens is 659 g/mol. The number of fused-ring (bicyclic) bond motifs is 4. The van der Waals surface area contributed by atoms with Gasteiger partial charge in [0.15, 0.2) is 0 Å².